The molecule has 0 aliphatic carbocycles. The Labute approximate surface area is 155 Å². The number of carbonyl (C=O) groups excluding carboxylic acids is 1. The molecule has 0 aromatic carbocycles. The van der Waals surface area contributed by atoms with Crippen LogP contribution in [-0.4, -0.2) is 40.5 Å². The molecular formula is C18H18N8O. The lowest BCUT2D eigenvalue weighted by atomic mass is 10.2. The molecular weight excluding hydrogens is 344 g/mol. The first-order valence-corrected chi connectivity index (χ1v) is 8.55. The monoisotopic (exact) mass is 362 g/mol. The maximum Gasteiger partial charge on any atom is 0.224 e. The molecule has 0 spiro atoms. The molecule has 9 nitrogen and oxygen atoms in total. The van der Waals surface area contributed by atoms with Crippen LogP contribution in [0.25, 0.3) is 11.5 Å². The molecule has 4 rings (SSSR count). The van der Waals surface area contributed by atoms with Gasteiger partial charge in [0.1, 0.15) is 0 Å². The predicted octanol–water partition coefficient (Wildman–Crippen LogP) is 1.89. The number of fused-ring (bicyclic) bond motifs is 1. The van der Waals surface area contributed by atoms with E-state index in [0.717, 1.165) is 11.4 Å². The van der Waals surface area contributed by atoms with Gasteiger partial charge in [-0.15, -0.1) is 15.3 Å². The molecule has 9 heteroatoms. The molecule has 0 unspecified atom stereocenters. The fourth-order valence-electron chi connectivity index (χ4n) is 2.84. The van der Waals surface area contributed by atoms with E-state index in [2.05, 4.69) is 30.7 Å². The Morgan fingerprint density at radius 1 is 1.07 bits per heavy atom. The van der Waals surface area contributed by atoms with Crippen molar-refractivity contribution in [2.75, 3.05) is 5.32 Å². The van der Waals surface area contributed by atoms with E-state index >= 15 is 0 Å². The molecule has 0 radical (unpaired) electrons. The molecule has 4 aromatic heterocycles. The normalized spacial score (nSPS) is 11.0. The van der Waals surface area contributed by atoms with E-state index in [0.29, 0.717) is 29.4 Å². The van der Waals surface area contributed by atoms with E-state index in [9.17, 15) is 4.79 Å². The number of pyridine rings is 1. The van der Waals surface area contributed by atoms with Gasteiger partial charge in [0.15, 0.2) is 17.3 Å². The second-order valence-corrected chi connectivity index (χ2v) is 6.20. The lowest BCUT2D eigenvalue weighted by molar-refractivity contribution is -0.116. The van der Waals surface area contributed by atoms with Gasteiger partial charge in [-0.3, -0.25) is 9.78 Å². The van der Waals surface area contributed by atoms with Crippen molar-refractivity contribution in [3.8, 4) is 5.82 Å². The van der Waals surface area contributed by atoms with Gasteiger partial charge in [0.05, 0.1) is 5.69 Å². The summed E-state index contributed by atoms with van der Waals surface area (Å²) >= 11 is 0. The zero-order valence-electron chi connectivity index (χ0n) is 15.0. The van der Waals surface area contributed by atoms with Crippen LogP contribution in [0.3, 0.4) is 0 Å². The summed E-state index contributed by atoms with van der Waals surface area (Å²) in [6.07, 6.45) is 3.96. The molecule has 0 bridgehead atoms. The third kappa shape index (κ3) is 3.52. The number of nitrogens with one attached hydrogen (secondary N) is 1. The highest BCUT2D eigenvalue weighted by Crippen LogP contribution is 2.12. The highest BCUT2D eigenvalue weighted by Gasteiger charge is 2.12. The van der Waals surface area contributed by atoms with Crippen molar-refractivity contribution in [3.05, 3.63) is 59.9 Å². The number of nitrogens with zero attached hydrogens (tertiary/aromatic N) is 7. The van der Waals surface area contributed by atoms with E-state index in [-0.39, 0.29) is 12.3 Å². The fraction of sp³-hybridized carbons (Fsp3) is 0.222. The maximum absolute atomic E-state index is 12.2. The number of aromatic nitrogens is 7. The zero-order chi connectivity index (χ0) is 18.8. The quantitative estimate of drug-likeness (QED) is 0.581. The summed E-state index contributed by atoms with van der Waals surface area (Å²) in [6.45, 7) is 3.91. The SMILES string of the molecule is Cc1cc(C)n(-c2ccc3nnc(CCC(=O)Nc4ccncc4)n3n2)n1. The highest BCUT2D eigenvalue weighted by molar-refractivity contribution is 5.90. The van der Waals surface area contributed by atoms with Crippen LogP contribution >= 0.6 is 0 Å². The molecule has 0 saturated carbocycles. The summed E-state index contributed by atoms with van der Waals surface area (Å²) in [7, 11) is 0. The van der Waals surface area contributed by atoms with E-state index in [1.165, 1.54) is 0 Å². The number of hydrogen-bond acceptors (Lipinski definition) is 6. The lowest BCUT2D eigenvalue weighted by Crippen LogP contribution is -2.14. The van der Waals surface area contributed by atoms with Crippen LogP contribution in [0.1, 0.15) is 23.6 Å². The van der Waals surface area contributed by atoms with Gasteiger partial charge in [0.2, 0.25) is 5.91 Å². The van der Waals surface area contributed by atoms with Crippen LogP contribution in [0.4, 0.5) is 5.69 Å². The van der Waals surface area contributed by atoms with Gasteiger partial charge in [-0.1, -0.05) is 0 Å². The largest absolute Gasteiger partial charge is 0.326 e. The lowest BCUT2D eigenvalue weighted by Gasteiger charge is -2.05. The number of rotatable bonds is 5. The molecule has 0 fully saturated rings. The second-order valence-electron chi connectivity index (χ2n) is 6.20. The number of hydrogen-bond donors (Lipinski definition) is 1. The molecule has 136 valence electrons. The van der Waals surface area contributed by atoms with Crippen molar-refractivity contribution < 1.29 is 4.79 Å². The average Bonchev–Trinajstić information content (AvgIpc) is 3.22. The third-order valence-corrected chi connectivity index (χ3v) is 4.08. The van der Waals surface area contributed by atoms with E-state index < -0.39 is 0 Å². The third-order valence-electron chi connectivity index (χ3n) is 4.08. The van der Waals surface area contributed by atoms with Gasteiger partial charge in [0.25, 0.3) is 0 Å². The van der Waals surface area contributed by atoms with Crippen LogP contribution in [0.15, 0.2) is 42.7 Å². The smallest absolute Gasteiger partial charge is 0.224 e. The van der Waals surface area contributed by atoms with E-state index in [1.54, 1.807) is 33.7 Å². The summed E-state index contributed by atoms with van der Waals surface area (Å²) in [6, 6.07) is 9.16. The minimum atomic E-state index is -0.104. The highest BCUT2D eigenvalue weighted by atomic mass is 16.1. The second kappa shape index (κ2) is 6.94. The van der Waals surface area contributed by atoms with E-state index in [1.807, 2.05) is 32.0 Å². The Morgan fingerprint density at radius 2 is 1.89 bits per heavy atom. The summed E-state index contributed by atoms with van der Waals surface area (Å²) < 4.78 is 3.43. The molecule has 0 aliphatic heterocycles. The van der Waals surface area contributed by atoms with Crippen LogP contribution in [0, 0.1) is 13.8 Å². The van der Waals surface area contributed by atoms with Crippen molar-refractivity contribution in [3.63, 3.8) is 0 Å². The first-order valence-electron chi connectivity index (χ1n) is 8.55. The number of aryl methyl sites for hydroxylation is 3. The number of amides is 1. The molecule has 1 N–H and O–H groups in total. The van der Waals surface area contributed by atoms with Gasteiger partial charge < -0.3 is 5.32 Å². The summed E-state index contributed by atoms with van der Waals surface area (Å²) in [5.41, 5.74) is 3.26. The first kappa shape index (κ1) is 16.8. The Bertz CT molecular complexity index is 1100. The number of carbonyl (C=O) groups is 1. The van der Waals surface area contributed by atoms with Crippen molar-refractivity contribution in [1.82, 2.24) is 34.6 Å². The minimum absolute atomic E-state index is 0.104. The standard InChI is InChI=1S/C18H18N8O/c1-12-11-13(2)25(23-12)17-4-3-15-21-22-16(26(15)24-17)5-6-18(27)20-14-7-9-19-10-8-14/h3-4,7-11H,5-6H2,1-2H3,(H,19,20,27). The van der Waals surface area contributed by atoms with Gasteiger partial charge in [-0.25, -0.2) is 4.68 Å². The Morgan fingerprint density at radius 3 is 2.63 bits per heavy atom. The van der Waals surface area contributed by atoms with Crippen molar-refractivity contribution >= 4 is 17.2 Å². The predicted molar refractivity (Wildman–Crippen MR) is 98.6 cm³/mol. The van der Waals surface area contributed by atoms with Crippen LogP contribution < -0.4 is 5.32 Å². The van der Waals surface area contributed by atoms with Crippen molar-refractivity contribution in [2.24, 2.45) is 0 Å². The molecule has 0 aliphatic rings. The van der Waals surface area contributed by atoms with Gasteiger partial charge in [-0.05, 0) is 44.2 Å². The average molecular weight is 362 g/mol. The first-order chi connectivity index (χ1) is 13.1. The summed E-state index contributed by atoms with van der Waals surface area (Å²) in [4.78, 5) is 16.1. The fourth-order valence-corrected chi connectivity index (χ4v) is 2.84. The van der Waals surface area contributed by atoms with Gasteiger partial charge in [-0.2, -0.15) is 9.61 Å². The van der Waals surface area contributed by atoms with Crippen molar-refractivity contribution in [2.45, 2.75) is 26.7 Å². The molecule has 4 aromatic rings. The minimum Gasteiger partial charge on any atom is -0.326 e. The van der Waals surface area contributed by atoms with Crippen molar-refractivity contribution in [1.29, 1.82) is 0 Å². The van der Waals surface area contributed by atoms with Crippen LogP contribution in [-0.2, 0) is 11.2 Å². The van der Waals surface area contributed by atoms with Crippen LogP contribution in [0.5, 0.6) is 0 Å². The van der Waals surface area contributed by atoms with Crippen LogP contribution in [0.2, 0.25) is 0 Å². The summed E-state index contributed by atoms with van der Waals surface area (Å²) in [5.74, 6) is 1.20. The molecule has 1 amide bonds. The molecule has 0 saturated heterocycles. The molecule has 0 atom stereocenters. The Balaban J connectivity index is 1.53. The number of anilines is 1. The Hall–Kier alpha value is -3.62. The topological polar surface area (TPSA) is 103 Å². The zero-order valence-corrected chi connectivity index (χ0v) is 15.0. The van der Waals surface area contributed by atoms with E-state index in [4.69, 9.17) is 0 Å². The van der Waals surface area contributed by atoms with Gasteiger partial charge >= 0.3 is 0 Å². The Kier molecular flexibility index (Phi) is 4.33. The van der Waals surface area contributed by atoms with Gasteiger partial charge in [0, 0.05) is 36.6 Å². The summed E-state index contributed by atoms with van der Waals surface area (Å²) in [5, 5.41) is 20.2. The molecule has 4 heterocycles. The maximum atomic E-state index is 12.2. The molecule has 27 heavy (non-hydrogen) atoms.